The summed E-state index contributed by atoms with van der Waals surface area (Å²) in [6.07, 6.45) is 0. The van der Waals surface area contributed by atoms with Gasteiger partial charge in [0.25, 0.3) is 0 Å². The van der Waals surface area contributed by atoms with Crippen LogP contribution in [0, 0.1) is 0 Å². The average molecular weight is 338 g/mol. The maximum atomic E-state index is 12.0. The highest BCUT2D eigenvalue weighted by molar-refractivity contribution is 5.77. The summed E-state index contributed by atoms with van der Waals surface area (Å²) in [6.45, 7) is 4.26. The van der Waals surface area contributed by atoms with Gasteiger partial charge in [0.1, 0.15) is 11.8 Å². The Balaban J connectivity index is 2.45. The van der Waals surface area contributed by atoms with Crippen molar-refractivity contribution in [3.05, 3.63) is 17.7 Å². The van der Waals surface area contributed by atoms with Crippen molar-refractivity contribution in [1.82, 2.24) is 9.80 Å². The molecule has 1 aliphatic rings. The molecule has 2 rings (SSSR count). The molecule has 0 saturated carbocycles. The molecular weight excluding hydrogens is 312 g/mol. The van der Waals surface area contributed by atoms with Gasteiger partial charge in [0, 0.05) is 37.3 Å². The van der Waals surface area contributed by atoms with E-state index in [1.165, 1.54) is 21.3 Å². The van der Waals surface area contributed by atoms with Gasteiger partial charge in [-0.3, -0.25) is 9.69 Å². The van der Waals surface area contributed by atoms with Crippen molar-refractivity contribution in [2.24, 2.45) is 0 Å². The average Bonchev–Trinajstić information content (AvgIpc) is 2.57. The Kier molecular flexibility index (Phi) is 5.90. The number of hydrogen-bond donors (Lipinski definition) is 1. The molecule has 0 radical (unpaired) electrons. The van der Waals surface area contributed by atoms with E-state index >= 15 is 0 Å². The summed E-state index contributed by atoms with van der Waals surface area (Å²) in [4.78, 5) is 16.2. The number of nitrogens with zero attached hydrogens (tertiary/aromatic N) is 2. The van der Waals surface area contributed by atoms with Crippen LogP contribution in [0.2, 0.25) is 0 Å². The van der Waals surface area contributed by atoms with Crippen molar-refractivity contribution >= 4 is 5.97 Å². The minimum atomic E-state index is -0.905. The minimum Gasteiger partial charge on any atom is -0.496 e. The predicted molar refractivity (Wildman–Crippen MR) is 90.1 cm³/mol. The van der Waals surface area contributed by atoms with Gasteiger partial charge in [-0.25, -0.2) is 0 Å². The van der Waals surface area contributed by atoms with Gasteiger partial charge in [-0.05, 0) is 20.0 Å². The lowest BCUT2D eigenvalue weighted by molar-refractivity contribution is -0.144. The molecule has 134 valence electrons. The van der Waals surface area contributed by atoms with Crippen LogP contribution in [0.1, 0.15) is 18.5 Å². The molecule has 1 heterocycles. The number of methoxy groups -OCH3 is 3. The van der Waals surface area contributed by atoms with Crippen LogP contribution >= 0.6 is 0 Å². The Morgan fingerprint density at radius 1 is 1.12 bits per heavy atom. The molecule has 0 amide bonds. The van der Waals surface area contributed by atoms with E-state index in [-0.39, 0.29) is 6.04 Å². The first-order valence-electron chi connectivity index (χ1n) is 7.89. The Labute approximate surface area is 142 Å². The van der Waals surface area contributed by atoms with Crippen molar-refractivity contribution in [2.45, 2.75) is 19.0 Å². The van der Waals surface area contributed by atoms with Crippen LogP contribution in [-0.2, 0) is 4.79 Å². The molecule has 0 aromatic heterocycles. The zero-order valence-corrected chi connectivity index (χ0v) is 14.9. The Bertz CT molecular complexity index is 593. The van der Waals surface area contributed by atoms with Crippen LogP contribution < -0.4 is 14.2 Å². The van der Waals surface area contributed by atoms with Crippen LogP contribution in [0.15, 0.2) is 12.1 Å². The fourth-order valence-corrected chi connectivity index (χ4v) is 3.06. The number of carbonyl (C=O) groups is 1. The van der Waals surface area contributed by atoms with Crippen molar-refractivity contribution in [1.29, 1.82) is 0 Å². The lowest BCUT2D eigenvalue weighted by atomic mass is 10.0. The second-order valence-corrected chi connectivity index (χ2v) is 6.01. The van der Waals surface area contributed by atoms with Crippen LogP contribution in [0.3, 0.4) is 0 Å². The molecule has 0 aliphatic carbocycles. The number of rotatable bonds is 6. The first-order valence-corrected chi connectivity index (χ1v) is 7.89. The summed E-state index contributed by atoms with van der Waals surface area (Å²) in [5.41, 5.74) is 0.569. The second-order valence-electron chi connectivity index (χ2n) is 6.01. The van der Waals surface area contributed by atoms with Crippen LogP contribution in [0.4, 0.5) is 0 Å². The number of aliphatic carboxylic acids is 1. The molecular formula is C17H26N2O5. The van der Waals surface area contributed by atoms with E-state index < -0.39 is 12.0 Å². The Morgan fingerprint density at radius 2 is 1.71 bits per heavy atom. The van der Waals surface area contributed by atoms with Crippen LogP contribution in [0.25, 0.3) is 0 Å². The van der Waals surface area contributed by atoms with Gasteiger partial charge >= 0.3 is 5.97 Å². The van der Waals surface area contributed by atoms with Gasteiger partial charge in [0.05, 0.1) is 21.3 Å². The maximum absolute atomic E-state index is 12.0. The lowest BCUT2D eigenvalue weighted by Crippen LogP contribution is -2.52. The van der Waals surface area contributed by atoms with Crippen molar-refractivity contribution in [3.8, 4) is 17.2 Å². The summed E-state index contributed by atoms with van der Waals surface area (Å²) in [6, 6.07) is 2.85. The normalized spacial score (nSPS) is 20.5. The molecule has 2 unspecified atom stereocenters. The fraction of sp³-hybridized carbons (Fsp3) is 0.588. The molecule has 0 spiro atoms. The largest absolute Gasteiger partial charge is 0.496 e. The number of benzene rings is 1. The second kappa shape index (κ2) is 7.72. The minimum absolute atomic E-state index is 0.284. The van der Waals surface area contributed by atoms with E-state index in [1.807, 2.05) is 4.90 Å². The summed E-state index contributed by atoms with van der Waals surface area (Å²) in [7, 11) is 6.64. The summed E-state index contributed by atoms with van der Waals surface area (Å²) in [5, 5.41) is 9.86. The van der Waals surface area contributed by atoms with Gasteiger partial charge in [0.2, 0.25) is 0 Å². The Morgan fingerprint density at radius 3 is 2.21 bits per heavy atom. The van der Waals surface area contributed by atoms with E-state index in [2.05, 4.69) is 18.9 Å². The van der Waals surface area contributed by atoms with Gasteiger partial charge < -0.3 is 24.2 Å². The molecule has 1 aromatic rings. The zero-order valence-electron chi connectivity index (χ0n) is 14.9. The molecule has 7 nitrogen and oxygen atoms in total. The number of hydrogen-bond acceptors (Lipinski definition) is 6. The SMILES string of the molecule is COc1cc(OC)c(C(C(=O)O)N2CCN(C)C(C)C2)cc1OC. The predicted octanol–water partition coefficient (Wildman–Crippen LogP) is 1.47. The van der Waals surface area contributed by atoms with Gasteiger partial charge in [-0.1, -0.05) is 0 Å². The molecule has 1 fully saturated rings. The number of ether oxygens (including phenoxy) is 3. The third-order valence-electron chi connectivity index (χ3n) is 4.62. The maximum Gasteiger partial charge on any atom is 0.325 e. The van der Waals surface area contributed by atoms with E-state index in [1.54, 1.807) is 12.1 Å². The number of likely N-dealkylation sites (N-methyl/N-ethyl adjacent to an activating group) is 1. The van der Waals surface area contributed by atoms with Gasteiger partial charge in [-0.2, -0.15) is 0 Å². The number of carboxylic acid groups (broad SMARTS) is 1. The van der Waals surface area contributed by atoms with Crippen molar-refractivity contribution in [2.75, 3.05) is 48.0 Å². The van der Waals surface area contributed by atoms with Crippen molar-refractivity contribution in [3.63, 3.8) is 0 Å². The van der Waals surface area contributed by atoms with E-state index in [9.17, 15) is 9.90 Å². The van der Waals surface area contributed by atoms with Gasteiger partial charge in [0.15, 0.2) is 11.5 Å². The van der Waals surface area contributed by atoms with Gasteiger partial charge in [-0.15, -0.1) is 0 Å². The third kappa shape index (κ3) is 3.57. The van der Waals surface area contributed by atoms with E-state index in [4.69, 9.17) is 14.2 Å². The molecule has 0 bridgehead atoms. The number of piperazine rings is 1. The fourth-order valence-electron chi connectivity index (χ4n) is 3.06. The molecule has 1 saturated heterocycles. The summed E-state index contributed by atoms with van der Waals surface area (Å²) in [5.74, 6) is 0.569. The van der Waals surface area contributed by atoms with Crippen molar-refractivity contribution < 1.29 is 24.1 Å². The standard InChI is InChI=1S/C17H26N2O5/c1-11-10-19(7-6-18(11)2)16(17(20)21)12-8-14(23-4)15(24-5)9-13(12)22-3/h8-9,11,16H,6-7,10H2,1-5H3,(H,20,21). The topological polar surface area (TPSA) is 71.5 Å². The molecule has 1 N–H and O–H groups in total. The molecule has 2 atom stereocenters. The smallest absolute Gasteiger partial charge is 0.325 e. The Hall–Kier alpha value is -1.99. The third-order valence-corrected chi connectivity index (χ3v) is 4.62. The monoisotopic (exact) mass is 338 g/mol. The first kappa shape index (κ1) is 18.4. The number of carboxylic acids is 1. The van der Waals surface area contributed by atoms with Crippen LogP contribution in [0.5, 0.6) is 17.2 Å². The van der Waals surface area contributed by atoms with E-state index in [0.717, 1.165) is 6.54 Å². The molecule has 7 heteroatoms. The highest BCUT2D eigenvalue weighted by Crippen LogP contribution is 2.39. The lowest BCUT2D eigenvalue weighted by Gasteiger charge is -2.40. The molecule has 24 heavy (non-hydrogen) atoms. The molecule has 1 aromatic carbocycles. The van der Waals surface area contributed by atoms with E-state index in [0.29, 0.717) is 35.9 Å². The highest BCUT2D eigenvalue weighted by Gasteiger charge is 2.34. The zero-order chi connectivity index (χ0) is 17.9. The summed E-state index contributed by atoms with van der Waals surface area (Å²) >= 11 is 0. The summed E-state index contributed by atoms with van der Waals surface area (Å²) < 4.78 is 16.0. The highest BCUT2D eigenvalue weighted by atomic mass is 16.5. The first-order chi connectivity index (χ1) is 11.4. The molecule has 1 aliphatic heterocycles. The van der Waals surface area contributed by atoms with Crippen LogP contribution in [-0.4, -0.2) is 74.9 Å². The quantitative estimate of drug-likeness (QED) is 0.842.